The summed E-state index contributed by atoms with van der Waals surface area (Å²) in [6.45, 7) is 1.12. The highest BCUT2D eigenvalue weighted by atomic mass is 19.3. The van der Waals surface area contributed by atoms with E-state index in [0.29, 0.717) is 0 Å². The van der Waals surface area contributed by atoms with Gasteiger partial charge < -0.3 is 10.6 Å². The number of nitrogens with two attached hydrogens (primary N) is 1. The molecule has 0 radical (unpaired) electrons. The van der Waals surface area contributed by atoms with Gasteiger partial charge in [0.2, 0.25) is 5.91 Å². The van der Waals surface area contributed by atoms with E-state index in [1.807, 2.05) is 6.07 Å². The molecule has 2 amide bonds. The van der Waals surface area contributed by atoms with E-state index in [1.54, 1.807) is 0 Å². The number of likely N-dealkylation sites (tertiary alicyclic amines) is 1. The van der Waals surface area contributed by atoms with Crippen LogP contribution in [0.25, 0.3) is 5.69 Å². The van der Waals surface area contributed by atoms with Gasteiger partial charge in [0.05, 0.1) is 23.0 Å². The highest BCUT2D eigenvalue weighted by Crippen LogP contribution is 2.34. The van der Waals surface area contributed by atoms with E-state index >= 15 is 0 Å². The number of alkyl halides is 2. The predicted octanol–water partition coefficient (Wildman–Crippen LogP) is 2.10. The summed E-state index contributed by atoms with van der Waals surface area (Å²) in [6.07, 6.45) is -3.05. The van der Waals surface area contributed by atoms with Crippen LogP contribution < -0.4 is 5.73 Å². The van der Waals surface area contributed by atoms with Crippen LogP contribution in [0.2, 0.25) is 0 Å². The minimum Gasteiger partial charge on any atom is -0.368 e. The molecule has 2 heterocycles. The lowest BCUT2D eigenvalue weighted by molar-refractivity contribution is -0.124. The van der Waals surface area contributed by atoms with Gasteiger partial charge >= 0.3 is 0 Å². The summed E-state index contributed by atoms with van der Waals surface area (Å²) in [5.41, 5.74) is 2.78. The molecule has 1 fully saturated rings. The van der Waals surface area contributed by atoms with Crippen molar-refractivity contribution in [2.24, 2.45) is 11.1 Å². The first-order valence-corrected chi connectivity index (χ1v) is 8.34. The third kappa shape index (κ3) is 3.09. The van der Waals surface area contributed by atoms with Crippen molar-refractivity contribution in [2.45, 2.75) is 19.8 Å². The van der Waals surface area contributed by atoms with Gasteiger partial charge in [0.1, 0.15) is 11.5 Å². The summed E-state index contributed by atoms with van der Waals surface area (Å²) >= 11 is 0. The average molecular weight is 391 g/mol. The number of halogens is 3. The number of amides is 2. The monoisotopic (exact) mass is 391 g/mol. The Labute approximate surface area is 158 Å². The molecule has 0 bridgehead atoms. The zero-order chi connectivity index (χ0) is 20.6. The Bertz CT molecular complexity index is 998. The van der Waals surface area contributed by atoms with Crippen LogP contribution in [0.1, 0.15) is 34.6 Å². The lowest BCUT2D eigenvalue weighted by atomic mass is 9.88. The van der Waals surface area contributed by atoms with Gasteiger partial charge in [-0.3, -0.25) is 9.59 Å². The molecule has 28 heavy (non-hydrogen) atoms. The highest BCUT2D eigenvalue weighted by molar-refractivity contribution is 5.98. The summed E-state index contributed by atoms with van der Waals surface area (Å²) in [6, 6.07) is 6.73. The van der Waals surface area contributed by atoms with Crippen molar-refractivity contribution in [2.75, 3.05) is 13.1 Å². The molecule has 0 spiro atoms. The molecule has 2 N–H and O–H groups in total. The number of aromatic nitrogens is 2. The van der Waals surface area contributed by atoms with E-state index in [9.17, 15) is 28.0 Å². The fourth-order valence-corrected chi connectivity index (χ4v) is 3.30. The van der Waals surface area contributed by atoms with E-state index < -0.39 is 35.2 Å². The van der Waals surface area contributed by atoms with Crippen LogP contribution in [-0.4, -0.2) is 39.6 Å². The number of benzene rings is 1. The van der Waals surface area contributed by atoms with Gasteiger partial charge in [0.15, 0.2) is 5.41 Å². The topological polar surface area (TPSA) is 105 Å². The molecule has 146 valence electrons. The standard InChI is InChI=1S/C18H16F3N5O2/c1-10-13(16(27)25-6-5-18(8-22,9-25)17(23)28)14(15(20)21)26(24-10)12-4-2-3-11(19)7-12/h2-4,7,15H,5-6,9H2,1H3,(H2,23,28). The molecule has 1 saturated heterocycles. The third-order valence-electron chi connectivity index (χ3n) is 4.81. The quantitative estimate of drug-likeness (QED) is 0.862. The van der Waals surface area contributed by atoms with Crippen molar-refractivity contribution in [3.63, 3.8) is 0 Å². The summed E-state index contributed by atoms with van der Waals surface area (Å²) in [5.74, 6) is -2.29. The number of carbonyl (C=O) groups is 2. The van der Waals surface area contributed by atoms with Crippen molar-refractivity contribution in [3.8, 4) is 11.8 Å². The molecule has 1 aromatic carbocycles. The Hall–Kier alpha value is -3.35. The van der Waals surface area contributed by atoms with E-state index in [-0.39, 0.29) is 36.5 Å². The Kier molecular flexibility index (Phi) is 4.85. The third-order valence-corrected chi connectivity index (χ3v) is 4.81. The van der Waals surface area contributed by atoms with E-state index in [4.69, 9.17) is 5.73 Å². The van der Waals surface area contributed by atoms with Crippen LogP contribution in [0.3, 0.4) is 0 Å². The average Bonchev–Trinajstić information content (AvgIpc) is 3.23. The van der Waals surface area contributed by atoms with Crippen molar-refractivity contribution >= 4 is 11.8 Å². The van der Waals surface area contributed by atoms with Crippen molar-refractivity contribution in [1.29, 1.82) is 5.26 Å². The fraction of sp³-hybridized carbons (Fsp3) is 0.333. The first-order chi connectivity index (χ1) is 13.2. The van der Waals surface area contributed by atoms with Crippen LogP contribution in [0.4, 0.5) is 13.2 Å². The second-order valence-electron chi connectivity index (χ2n) is 6.57. The van der Waals surface area contributed by atoms with Crippen LogP contribution in [0, 0.1) is 29.5 Å². The van der Waals surface area contributed by atoms with Gasteiger partial charge in [-0.25, -0.2) is 17.9 Å². The van der Waals surface area contributed by atoms with E-state index in [0.717, 1.165) is 21.7 Å². The fourth-order valence-electron chi connectivity index (χ4n) is 3.30. The summed E-state index contributed by atoms with van der Waals surface area (Å²) in [7, 11) is 0. The van der Waals surface area contributed by atoms with E-state index in [1.165, 1.54) is 19.1 Å². The Morgan fingerprint density at radius 3 is 2.64 bits per heavy atom. The largest absolute Gasteiger partial charge is 0.368 e. The van der Waals surface area contributed by atoms with Crippen molar-refractivity contribution in [1.82, 2.24) is 14.7 Å². The molecule has 0 aliphatic carbocycles. The minimum absolute atomic E-state index is 0.0165. The van der Waals surface area contributed by atoms with Crippen molar-refractivity contribution in [3.05, 3.63) is 47.0 Å². The molecular weight excluding hydrogens is 375 g/mol. The molecule has 1 aliphatic heterocycles. The normalized spacial score (nSPS) is 19.1. The number of nitrogens with zero attached hydrogens (tertiary/aromatic N) is 4. The number of aryl methyl sites for hydroxylation is 1. The highest BCUT2D eigenvalue weighted by Gasteiger charge is 2.46. The second-order valence-corrected chi connectivity index (χ2v) is 6.57. The van der Waals surface area contributed by atoms with Gasteiger partial charge in [-0.2, -0.15) is 10.4 Å². The zero-order valence-electron chi connectivity index (χ0n) is 14.8. The molecule has 1 atom stereocenters. The first-order valence-electron chi connectivity index (χ1n) is 8.34. The number of hydrogen-bond acceptors (Lipinski definition) is 4. The maximum absolute atomic E-state index is 13.8. The molecule has 1 aliphatic rings. The SMILES string of the molecule is Cc1nn(-c2cccc(F)c2)c(C(F)F)c1C(=O)N1CCC(C#N)(C(N)=O)C1. The number of carbonyl (C=O) groups excluding carboxylic acids is 2. The molecule has 7 nitrogen and oxygen atoms in total. The second kappa shape index (κ2) is 6.99. The lowest BCUT2D eigenvalue weighted by Gasteiger charge is -2.19. The molecule has 3 rings (SSSR count). The Morgan fingerprint density at radius 2 is 2.11 bits per heavy atom. The lowest BCUT2D eigenvalue weighted by Crippen LogP contribution is -2.40. The van der Waals surface area contributed by atoms with Crippen LogP contribution in [0.15, 0.2) is 24.3 Å². The molecule has 2 aromatic rings. The Morgan fingerprint density at radius 1 is 1.39 bits per heavy atom. The smallest absolute Gasteiger partial charge is 0.281 e. The number of hydrogen-bond donors (Lipinski definition) is 1. The van der Waals surface area contributed by atoms with Crippen LogP contribution in [-0.2, 0) is 4.79 Å². The van der Waals surface area contributed by atoms with Gasteiger partial charge in [0.25, 0.3) is 12.3 Å². The zero-order valence-corrected chi connectivity index (χ0v) is 14.8. The van der Waals surface area contributed by atoms with Gasteiger partial charge in [-0.1, -0.05) is 6.07 Å². The number of primary amides is 1. The molecular formula is C18H16F3N5O2. The van der Waals surface area contributed by atoms with E-state index in [2.05, 4.69) is 5.10 Å². The number of nitriles is 1. The summed E-state index contributed by atoms with van der Waals surface area (Å²) < 4.78 is 42.0. The maximum atomic E-state index is 13.8. The van der Waals surface area contributed by atoms with Crippen LogP contribution >= 0.6 is 0 Å². The molecule has 0 saturated carbocycles. The van der Waals surface area contributed by atoms with Gasteiger partial charge in [-0.15, -0.1) is 0 Å². The van der Waals surface area contributed by atoms with Crippen LogP contribution in [0.5, 0.6) is 0 Å². The molecule has 1 aromatic heterocycles. The summed E-state index contributed by atoms with van der Waals surface area (Å²) in [4.78, 5) is 25.7. The molecule has 10 heteroatoms. The van der Waals surface area contributed by atoms with Crippen molar-refractivity contribution < 1.29 is 22.8 Å². The predicted molar refractivity (Wildman–Crippen MR) is 91.0 cm³/mol. The van der Waals surface area contributed by atoms with Gasteiger partial charge in [-0.05, 0) is 31.5 Å². The maximum Gasteiger partial charge on any atom is 0.281 e. The minimum atomic E-state index is -3.07. The number of rotatable bonds is 4. The first kappa shape index (κ1) is 19.4. The summed E-state index contributed by atoms with van der Waals surface area (Å²) in [5, 5.41) is 13.3. The Balaban J connectivity index is 2.05. The molecule has 1 unspecified atom stereocenters. The van der Waals surface area contributed by atoms with Gasteiger partial charge in [0, 0.05) is 13.1 Å².